The van der Waals surface area contributed by atoms with E-state index in [1.54, 1.807) is 0 Å². The molecule has 1 aromatic carbocycles. The highest BCUT2D eigenvalue weighted by Crippen LogP contribution is 2.14. The molecule has 0 saturated heterocycles. The van der Waals surface area contributed by atoms with Crippen LogP contribution in [-0.4, -0.2) is 9.78 Å². The topological polar surface area (TPSA) is 21.7 Å². The standard InChI is InChI=1S/C13H12N3/c1-15-8-6-12(7-9-15)16-10-11-4-2-3-5-13(11)14-16/h2-10H,1H3/q+1. The molecule has 0 bridgehead atoms. The molecule has 16 heavy (non-hydrogen) atoms. The molecule has 3 aromatic rings. The van der Waals surface area contributed by atoms with E-state index in [4.69, 9.17) is 0 Å². The van der Waals surface area contributed by atoms with E-state index in [9.17, 15) is 0 Å². The summed E-state index contributed by atoms with van der Waals surface area (Å²) in [5.74, 6) is 0. The lowest BCUT2D eigenvalue weighted by Crippen LogP contribution is -2.26. The Balaban J connectivity index is 2.15. The van der Waals surface area contributed by atoms with E-state index in [1.807, 2.05) is 65.2 Å². The number of hydrogen-bond acceptors (Lipinski definition) is 1. The second-order valence-electron chi connectivity index (χ2n) is 3.85. The molecule has 0 amide bonds. The van der Waals surface area contributed by atoms with Crippen molar-refractivity contribution in [3.8, 4) is 5.69 Å². The fraction of sp³-hybridized carbons (Fsp3) is 0.0769. The van der Waals surface area contributed by atoms with Gasteiger partial charge in [-0.05, 0) is 6.07 Å². The van der Waals surface area contributed by atoms with Crippen molar-refractivity contribution in [3.63, 3.8) is 0 Å². The van der Waals surface area contributed by atoms with Crippen LogP contribution in [0.3, 0.4) is 0 Å². The van der Waals surface area contributed by atoms with Crippen LogP contribution in [0.15, 0.2) is 55.0 Å². The van der Waals surface area contributed by atoms with Crippen LogP contribution in [0.2, 0.25) is 0 Å². The third kappa shape index (κ3) is 1.46. The third-order valence-electron chi connectivity index (χ3n) is 2.64. The summed E-state index contributed by atoms with van der Waals surface area (Å²) >= 11 is 0. The van der Waals surface area contributed by atoms with Gasteiger partial charge in [-0.2, -0.15) is 5.10 Å². The highest BCUT2D eigenvalue weighted by molar-refractivity contribution is 5.78. The Morgan fingerprint density at radius 2 is 1.81 bits per heavy atom. The number of benzene rings is 1. The van der Waals surface area contributed by atoms with E-state index in [0.29, 0.717) is 0 Å². The van der Waals surface area contributed by atoms with Gasteiger partial charge in [-0.25, -0.2) is 9.25 Å². The van der Waals surface area contributed by atoms with E-state index in [2.05, 4.69) is 11.2 Å². The Hall–Kier alpha value is -2.16. The Labute approximate surface area is 93.6 Å². The van der Waals surface area contributed by atoms with Gasteiger partial charge in [0.25, 0.3) is 0 Å². The SMILES string of the molecule is C[n+]1ccc(-n2cc3ccccc3n2)cc1. The first kappa shape index (κ1) is 9.09. The van der Waals surface area contributed by atoms with Gasteiger partial charge < -0.3 is 0 Å². The van der Waals surface area contributed by atoms with Crippen molar-refractivity contribution in [2.45, 2.75) is 0 Å². The number of aromatic nitrogens is 3. The van der Waals surface area contributed by atoms with Crippen molar-refractivity contribution >= 4 is 10.9 Å². The summed E-state index contributed by atoms with van der Waals surface area (Å²) in [6.45, 7) is 0. The molecule has 2 heterocycles. The van der Waals surface area contributed by atoms with Gasteiger partial charge in [0.1, 0.15) is 7.05 Å². The zero-order valence-electron chi connectivity index (χ0n) is 9.04. The molecule has 0 radical (unpaired) electrons. The quantitative estimate of drug-likeness (QED) is 0.562. The molecule has 3 heteroatoms. The number of nitrogens with zero attached hydrogens (tertiary/aromatic N) is 3. The Morgan fingerprint density at radius 1 is 1.06 bits per heavy atom. The van der Waals surface area contributed by atoms with Crippen molar-refractivity contribution in [2.24, 2.45) is 7.05 Å². The van der Waals surface area contributed by atoms with Crippen LogP contribution in [0, 0.1) is 0 Å². The predicted molar refractivity (Wildman–Crippen MR) is 62.2 cm³/mol. The van der Waals surface area contributed by atoms with Crippen LogP contribution in [0.1, 0.15) is 0 Å². The molecule has 2 aromatic heterocycles. The van der Waals surface area contributed by atoms with E-state index < -0.39 is 0 Å². The van der Waals surface area contributed by atoms with E-state index >= 15 is 0 Å². The number of hydrogen-bond donors (Lipinski definition) is 0. The molecule has 0 saturated carbocycles. The van der Waals surface area contributed by atoms with Gasteiger partial charge in [0.15, 0.2) is 12.4 Å². The van der Waals surface area contributed by atoms with Crippen molar-refractivity contribution < 1.29 is 4.57 Å². The summed E-state index contributed by atoms with van der Waals surface area (Å²) < 4.78 is 3.91. The maximum atomic E-state index is 4.52. The normalized spacial score (nSPS) is 10.8. The molecule has 0 spiro atoms. The van der Waals surface area contributed by atoms with Gasteiger partial charge in [-0.3, -0.25) is 0 Å². The second-order valence-corrected chi connectivity index (χ2v) is 3.85. The largest absolute Gasteiger partial charge is 0.239 e. The van der Waals surface area contributed by atoms with Gasteiger partial charge in [0.05, 0.1) is 11.2 Å². The fourth-order valence-electron chi connectivity index (χ4n) is 1.74. The fourth-order valence-corrected chi connectivity index (χ4v) is 1.74. The summed E-state index contributed by atoms with van der Waals surface area (Å²) in [6.07, 6.45) is 6.08. The average molecular weight is 210 g/mol. The van der Waals surface area contributed by atoms with Crippen LogP contribution in [-0.2, 0) is 7.05 Å². The first-order chi connectivity index (χ1) is 7.83. The monoisotopic (exact) mass is 210 g/mol. The lowest BCUT2D eigenvalue weighted by atomic mass is 10.3. The molecule has 3 rings (SSSR count). The molecule has 0 N–H and O–H groups in total. The molecule has 0 aliphatic heterocycles. The van der Waals surface area contributed by atoms with Gasteiger partial charge in [-0.15, -0.1) is 0 Å². The summed E-state index contributed by atoms with van der Waals surface area (Å²) in [5.41, 5.74) is 2.10. The molecule has 78 valence electrons. The third-order valence-corrected chi connectivity index (χ3v) is 2.64. The first-order valence-corrected chi connectivity index (χ1v) is 5.23. The summed E-state index contributed by atoms with van der Waals surface area (Å²) in [6, 6.07) is 12.2. The Kier molecular flexibility index (Phi) is 1.96. The van der Waals surface area contributed by atoms with Crippen molar-refractivity contribution in [3.05, 3.63) is 55.0 Å². The van der Waals surface area contributed by atoms with Crippen LogP contribution >= 0.6 is 0 Å². The average Bonchev–Trinajstić information content (AvgIpc) is 2.73. The first-order valence-electron chi connectivity index (χ1n) is 5.23. The lowest BCUT2D eigenvalue weighted by molar-refractivity contribution is -0.671. The van der Waals surface area contributed by atoms with Crippen LogP contribution in [0.4, 0.5) is 0 Å². The molecule has 0 fully saturated rings. The minimum atomic E-state index is 1.02. The van der Waals surface area contributed by atoms with Crippen molar-refractivity contribution in [1.82, 2.24) is 9.78 Å². The van der Waals surface area contributed by atoms with Gasteiger partial charge >= 0.3 is 0 Å². The van der Waals surface area contributed by atoms with Gasteiger partial charge in [0.2, 0.25) is 0 Å². The maximum Gasteiger partial charge on any atom is 0.170 e. The summed E-state index contributed by atoms with van der Waals surface area (Å²) in [4.78, 5) is 0. The molecule has 0 aliphatic carbocycles. The number of pyridine rings is 1. The van der Waals surface area contributed by atoms with E-state index in [1.165, 1.54) is 0 Å². The minimum absolute atomic E-state index is 1.02. The highest BCUT2D eigenvalue weighted by atomic mass is 15.3. The zero-order chi connectivity index (χ0) is 11.0. The molecule has 0 aliphatic rings. The van der Waals surface area contributed by atoms with Crippen LogP contribution in [0.5, 0.6) is 0 Å². The van der Waals surface area contributed by atoms with Crippen molar-refractivity contribution in [2.75, 3.05) is 0 Å². The zero-order valence-corrected chi connectivity index (χ0v) is 9.04. The summed E-state index contributed by atoms with van der Waals surface area (Å²) in [5, 5.41) is 5.68. The van der Waals surface area contributed by atoms with Crippen LogP contribution in [0.25, 0.3) is 16.6 Å². The lowest BCUT2D eigenvalue weighted by Gasteiger charge is -1.97. The van der Waals surface area contributed by atoms with Crippen LogP contribution < -0.4 is 4.57 Å². The smallest absolute Gasteiger partial charge is 0.170 e. The molecular weight excluding hydrogens is 198 g/mol. The van der Waals surface area contributed by atoms with Gasteiger partial charge in [0, 0.05) is 23.7 Å². The molecule has 3 nitrogen and oxygen atoms in total. The Bertz CT molecular complexity index is 590. The van der Waals surface area contributed by atoms with E-state index in [-0.39, 0.29) is 0 Å². The van der Waals surface area contributed by atoms with Crippen molar-refractivity contribution in [1.29, 1.82) is 0 Å². The molecule has 0 unspecified atom stereocenters. The number of rotatable bonds is 1. The Morgan fingerprint density at radius 3 is 2.56 bits per heavy atom. The number of aryl methyl sites for hydroxylation is 1. The summed E-state index contributed by atoms with van der Waals surface area (Å²) in [7, 11) is 2.00. The highest BCUT2D eigenvalue weighted by Gasteiger charge is 2.02. The van der Waals surface area contributed by atoms with E-state index in [0.717, 1.165) is 16.6 Å². The second kappa shape index (κ2) is 3.45. The number of fused-ring (bicyclic) bond motifs is 1. The molecular formula is C13H12N3+. The maximum absolute atomic E-state index is 4.52. The molecule has 0 atom stereocenters. The predicted octanol–water partition coefficient (Wildman–Crippen LogP) is 1.85. The van der Waals surface area contributed by atoms with Gasteiger partial charge in [-0.1, -0.05) is 18.2 Å². The minimum Gasteiger partial charge on any atom is -0.239 e.